The fourth-order valence-corrected chi connectivity index (χ4v) is 2.43. The van der Waals surface area contributed by atoms with Gasteiger partial charge in [-0.1, -0.05) is 29.8 Å². The summed E-state index contributed by atoms with van der Waals surface area (Å²) in [6.45, 7) is 5.73. The van der Waals surface area contributed by atoms with E-state index >= 15 is 0 Å². The van der Waals surface area contributed by atoms with Gasteiger partial charge in [0, 0.05) is 10.2 Å². The molecule has 5 nitrogen and oxygen atoms in total. The lowest BCUT2D eigenvalue weighted by Gasteiger charge is -2.17. The van der Waals surface area contributed by atoms with Crippen LogP contribution in [0.25, 0.3) is 0 Å². The second-order valence-corrected chi connectivity index (χ2v) is 6.05. The maximum absolute atomic E-state index is 11.8. The molecule has 3 N–H and O–H groups in total. The number of hydrogen-bond acceptors (Lipinski definition) is 2. The Morgan fingerprint density at radius 2 is 1.95 bits per heavy atom. The Balaban J connectivity index is 2.68. The number of aryl methyl sites for hydroxylation is 1. The maximum atomic E-state index is 11.8. The molecule has 0 spiro atoms. The number of hydrogen-bond donors (Lipinski definition) is 3. The molecule has 0 aliphatic heterocycles. The molecule has 0 fully saturated rings. The van der Waals surface area contributed by atoms with E-state index in [1.807, 2.05) is 32.9 Å². The van der Waals surface area contributed by atoms with Crippen molar-refractivity contribution >= 4 is 33.6 Å². The first kappa shape index (κ1) is 16.5. The van der Waals surface area contributed by atoms with Gasteiger partial charge in [0.2, 0.25) is 0 Å². The van der Waals surface area contributed by atoms with Crippen molar-refractivity contribution in [1.82, 2.24) is 5.32 Å². The predicted octanol–water partition coefficient (Wildman–Crippen LogP) is 3.38. The fraction of sp³-hybridized carbons (Fsp3) is 0.429. The van der Waals surface area contributed by atoms with Crippen LogP contribution in [0.1, 0.15) is 25.8 Å². The number of benzene rings is 1. The first-order valence-corrected chi connectivity index (χ1v) is 7.14. The molecule has 0 aliphatic rings. The second kappa shape index (κ2) is 7.28. The molecule has 0 aromatic heterocycles. The average molecular weight is 343 g/mol. The number of carbonyl (C=O) groups excluding carboxylic acids is 1. The summed E-state index contributed by atoms with van der Waals surface area (Å²) >= 11 is 3.34. The van der Waals surface area contributed by atoms with Gasteiger partial charge in [-0.25, -0.2) is 9.59 Å². The van der Waals surface area contributed by atoms with Gasteiger partial charge in [0.25, 0.3) is 0 Å². The summed E-state index contributed by atoms with van der Waals surface area (Å²) in [7, 11) is 0. The summed E-state index contributed by atoms with van der Waals surface area (Å²) in [4.78, 5) is 22.9. The lowest BCUT2D eigenvalue weighted by Crippen LogP contribution is -2.43. The van der Waals surface area contributed by atoms with Gasteiger partial charge >= 0.3 is 12.0 Å². The molecule has 1 aromatic rings. The van der Waals surface area contributed by atoms with Crippen molar-refractivity contribution in [3.63, 3.8) is 0 Å². The third-order valence-electron chi connectivity index (χ3n) is 2.61. The topological polar surface area (TPSA) is 78.4 Å². The summed E-state index contributed by atoms with van der Waals surface area (Å²) in [5.41, 5.74) is 1.61. The van der Waals surface area contributed by atoms with E-state index in [9.17, 15) is 9.59 Å². The minimum absolute atomic E-state index is 0.185. The van der Waals surface area contributed by atoms with E-state index in [-0.39, 0.29) is 5.92 Å². The first-order valence-electron chi connectivity index (χ1n) is 6.35. The van der Waals surface area contributed by atoms with Crippen LogP contribution in [0.4, 0.5) is 10.5 Å². The Bertz CT molecular complexity index is 483. The third-order valence-corrected chi connectivity index (χ3v) is 3.07. The average Bonchev–Trinajstić information content (AvgIpc) is 2.25. The molecule has 2 amide bonds. The van der Waals surface area contributed by atoms with Crippen LogP contribution in [0.15, 0.2) is 22.7 Å². The Hall–Kier alpha value is -1.56. The van der Waals surface area contributed by atoms with Crippen molar-refractivity contribution in [1.29, 1.82) is 0 Å². The minimum Gasteiger partial charge on any atom is -0.480 e. The van der Waals surface area contributed by atoms with Gasteiger partial charge in [-0.3, -0.25) is 0 Å². The quantitative estimate of drug-likeness (QED) is 0.767. The SMILES string of the molecule is Cc1cc(Br)cc(NC(=O)N[C@@H](CC(C)C)C(=O)O)c1. The molecule has 0 saturated heterocycles. The molecule has 0 unspecified atom stereocenters. The monoisotopic (exact) mass is 342 g/mol. The lowest BCUT2D eigenvalue weighted by atomic mass is 10.0. The number of carboxylic acids is 1. The van der Waals surface area contributed by atoms with Crippen LogP contribution < -0.4 is 10.6 Å². The zero-order valence-electron chi connectivity index (χ0n) is 11.7. The van der Waals surface area contributed by atoms with Crippen molar-refractivity contribution < 1.29 is 14.7 Å². The molecule has 0 heterocycles. The molecule has 110 valence electrons. The van der Waals surface area contributed by atoms with Gasteiger partial charge in [0.15, 0.2) is 0 Å². The number of carboxylic acid groups (broad SMARTS) is 1. The highest BCUT2D eigenvalue weighted by Crippen LogP contribution is 2.19. The molecule has 1 atom stereocenters. The number of amides is 2. The molecule has 0 saturated carbocycles. The van der Waals surface area contributed by atoms with E-state index in [1.165, 1.54) is 0 Å². The minimum atomic E-state index is -1.03. The molecule has 0 aliphatic carbocycles. The van der Waals surface area contributed by atoms with Crippen LogP contribution in [0.3, 0.4) is 0 Å². The number of halogens is 1. The molecule has 0 bridgehead atoms. The fourth-order valence-electron chi connectivity index (χ4n) is 1.83. The van der Waals surface area contributed by atoms with E-state index < -0.39 is 18.0 Å². The third kappa shape index (κ3) is 5.61. The predicted molar refractivity (Wildman–Crippen MR) is 81.9 cm³/mol. The summed E-state index contributed by atoms with van der Waals surface area (Å²) in [5, 5.41) is 14.2. The van der Waals surface area contributed by atoms with Gasteiger partial charge in [0.05, 0.1) is 0 Å². The van der Waals surface area contributed by atoms with Crippen molar-refractivity contribution in [2.24, 2.45) is 5.92 Å². The second-order valence-electron chi connectivity index (χ2n) is 5.14. The number of aliphatic carboxylic acids is 1. The molecule has 1 rings (SSSR count). The Kier molecular flexibility index (Phi) is 6.01. The smallest absolute Gasteiger partial charge is 0.326 e. The van der Waals surface area contributed by atoms with E-state index in [1.54, 1.807) is 6.07 Å². The Labute approximate surface area is 126 Å². The molecule has 1 aromatic carbocycles. The van der Waals surface area contributed by atoms with Crippen LogP contribution in [-0.4, -0.2) is 23.1 Å². The molecule has 0 radical (unpaired) electrons. The van der Waals surface area contributed by atoms with Crippen molar-refractivity contribution in [3.05, 3.63) is 28.2 Å². The Morgan fingerprint density at radius 1 is 1.30 bits per heavy atom. The van der Waals surface area contributed by atoms with E-state index in [0.29, 0.717) is 12.1 Å². The van der Waals surface area contributed by atoms with E-state index in [4.69, 9.17) is 5.11 Å². The van der Waals surface area contributed by atoms with Gasteiger partial charge in [-0.2, -0.15) is 0 Å². The van der Waals surface area contributed by atoms with Crippen molar-refractivity contribution in [2.75, 3.05) is 5.32 Å². The Morgan fingerprint density at radius 3 is 2.45 bits per heavy atom. The molecule has 20 heavy (non-hydrogen) atoms. The van der Waals surface area contributed by atoms with Gasteiger partial charge in [-0.15, -0.1) is 0 Å². The number of urea groups is 1. The van der Waals surface area contributed by atoms with Gasteiger partial charge < -0.3 is 15.7 Å². The molecular weight excluding hydrogens is 324 g/mol. The normalized spacial score (nSPS) is 12.1. The van der Waals surface area contributed by atoms with E-state index in [0.717, 1.165) is 10.0 Å². The van der Waals surface area contributed by atoms with Gasteiger partial charge in [0.1, 0.15) is 6.04 Å². The van der Waals surface area contributed by atoms with Crippen molar-refractivity contribution in [3.8, 4) is 0 Å². The lowest BCUT2D eigenvalue weighted by molar-refractivity contribution is -0.139. The van der Waals surface area contributed by atoms with Crippen LogP contribution in [-0.2, 0) is 4.79 Å². The number of nitrogens with one attached hydrogen (secondary N) is 2. The van der Waals surface area contributed by atoms with Gasteiger partial charge in [-0.05, 0) is 43.0 Å². The number of anilines is 1. The molecule has 6 heteroatoms. The van der Waals surface area contributed by atoms with Crippen LogP contribution >= 0.6 is 15.9 Å². The summed E-state index contributed by atoms with van der Waals surface area (Å²) in [6, 6.07) is 4.08. The van der Waals surface area contributed by atoms with E-state index in [2.05, 4.69) is 26.6 Å². The summed E-state index contributed by atoms with van der Waals surface area (Å²) in [6.07, 6.45) is 0.389. The highest BCUT2D eigenvalue weighted by Gasteiger charge is 2.21. The highest BCUT2D eigenvalue weighted by atomic mass is 79.9. The number of rotatable bonds is 5. The van der Waals surface area contributed by atoms with Crippen LogP contribution in [0.5, 0.6) is 0 Å². The number of carbonyl (C=O) groups is 2. The standard InChI is InChI=1S/C14H19BrN2O3/c1-8(2)4-12(13(18)19)17-14(20)16-11-6-9(3)5-10(15)7-11/h5-8,12H,4H2,1-3H3,(H,18,19)(H2,16,17,20)/t12-/m0/s1. The van der Waals surface area contributed by atoms with Crippen LogP contribution in [0.2, 0.25) is 0 Å². The zero-order valence-corrected chi connectivity index (χ0v) is 13.3. The first-order chi connectivity index (χ1) is 9.27. The van der Waals surface area contributed by atoms with Crippen LogP contribution in [0, 0.1) is 12.8 Å². The van der Waals surface area contributed by atoms with Crippen molar-refractivity contribution in [2.45, 2.75) is 33.2 Å². The zero-order chi connectivity index (χ0) is 15.3. The molecular formula is C14H19BrN2O3. The summed E-state index contributed by atoms with van der Waals surface area (Å²) < 4.78 is 0.852. The summed E-state index contributed by atoms with van der Waals surface area (Å²) in [5.74, 6) is -0.844. The largest absolute Gasteiger partial charge is 0.480 e. The highest BCUT2D eigenvalue weighted by molar-refractivity contribution is 9.10. The maximum Gasteiger partial charge on any atom is 0.326 e.